The van der Waals surface area contributed by atoms with Crippen molar-refractivity contribution >= 4 is 0 Å². The van der Waals surface area contributed by atoms with Crippen LogP contribution in [0.2, 0.25) is 0 Å². The zero-order chi connectivity index (χ0) is 43.7. The molecule has 0 fully saturated rings. The van der Waals surface area contributed by atoms with Gasteiger partial charge in [-0.2, -0.15) is 13.2 Å². The lowest BCUT2D eigenvalue weighted by Crippen LogP contribution is -2.38. The maximum Gasteiger partial charge on any atom is 0.402 e. The fraction of sp³-hybridized carbons (Fsp3) is 0.250. The molecule has 7 aromatic carbocycles. The molecule has 0 saturated heterocycles. The summed E-state index contributed by atoms with van der Waals surface area (Å²) >= 11 is 0. The Morgan fingerprint density at radius 2 is 0.790 bits per heavy atom. The third-order valence-electron chi connectivity index (χ3n) is 14.6. The summed E-state index contributed by atoms with van der Waals surface area (Å²) in [5, 5.41) is 29.8. The third kappa shape index (κ3) is 5.79. The second-order valence-corrected chi connectivity index (χ2v) is 18.9. The zero-order valence-corrected chi connectivity index (χ0v) is 35.9. The predicted octanol–water partition coefficient (Wildman–Crippen LogP) is 13.3. The Bertz CT molecular complexity index is 3000. The highest BCUT2D eigenvalue weighted by molar-refractivity contribution is 5.89. The highest BCUT2D eigenvalue weighted by Gasteiger charge is 2.58. The first-order valence-corrected chi connectivity index (χ1v) is 21.4. The van der Waals surface area contributed by atoms with Gasteiger partial charge in [-0.1, -0.05) is 118 Å². The van der Waals surface area contributed by atoms with Crippen molar-refractivity contribution in [2.24, 2.45) is 0 Å². The summed E-state index contributed by atoms with van der Waals surface area (Å²) in [5.41, 5.74) is 15.8. The fourth-order valence-electron chi connectivity index (χ4n) is 10.9. The number of aliphatic hydroxyl groups excluding tert-OH is 2. The molecular weight excluding hydrogens is 778 g/mol. The standard InChI is InChI=1S/C56H49F3O3/c1-31-7-15-40-42-17-11-34(25-48(42)53(2,3)46(40)21-31)36-13-19-44-45-20-14-37(28-51(45)55(6,50(44)27-36)56(57,58)59)35-12-18-43-41-16-10-32(24-47(41)54(4,5)49(43)26-35)8-9-33-22-38(29-60)52(62)39(23-33)30-61/h7,10-28,60-62H,8-9,29-30H2,1-6H3. The van der Waals surface area contributed by atoms with Crippen molar-refractivity contribution in [3.05, 3.63) is 183 Å². The number of aromatic hydroxyl groups is 1. The molecule has 1 unspecified atom stereocenters. The molecule has 3 aliphatic carbocycles. The van der Waals surface area contributed by atoms with E-state index in [0.29, 0.717) is 28.7 Å². The number of aliphatic hydroxyl groups is 2. The second-order valence-electron chi connectivity index (χ2n) is 18.9. The monoisotopic (exact) mass is 826 g/mol. The van der Waals surface area contributed by atoms with E-state index in [4.69, 9.17) is 0 Å². The van der Waals surface area contributed by atoms with E-state index in [0.717, 1.165) is 56.5 Å². The number of benzene rings is 7. The summed E-state index contributed by atoms with van der Waals surface area (Å²) < 4.78 is 47.1. The zero-order valence-electron chi connectivity index (χ0n) is 35.9. The molecule has 0 spiro atoms. The number of rotatable bonds is 7. The van der Waals surface area contributed by atoms with Gasteiger partial charge in [0.25, 0.3) is 0 Å². The fourth-order valence-corrected chi connectivity index (χ4v) is 10.9. The molecule has 3 aliphatic rings. The topological polar surface area (TPSA) is 60.7 Å². The molecule has 0 bridgehead atoms. The molecule has 0 radical (unpaired) electrons. The summed E-state index contributed by atoms with van der Waals surface area (Å²) in [6, 6.07) is 40.5. The van der Waals surface area contributed by atoms with Gasteiger partial charge >= 0.3 is 6.18 Å². The number of fused-ring (bicyclic) bond motifs is 9. The lowest BCUT2D eigenvalue weighted by atomic mass is 9.77. The van der Waals surface area contributed by atoms with Crippen LogP contribution >= 0.6 is 0 Å². The first kappa shape index (κ1) is 40.1. The van der Waals surface area contributed by atoms with Gasteiger partial charge in [0.1, 0.15) is 11.2 Å². The summed E-state index contributed by atoms with van der Waals surface area (Å²) in [5.74, 6) is -0.0686. The van der Waals surface area contributed by atoms with Crippen molar-refractivity contribution in [1.82, 2.24) is 0 Å². The van der Waals surface area contributed by atoms with Crippen LogP contribution in [0.5, 0.6) is 5.75 Å². The Kier molecular flexibility index (Phi) is 8.92. The van der Waals surface area contributed by atoms with Gasteiger partial charge in [0.05, 0.1) is 13.2 Å². The van der Waals surface area contributed by atoms with Crippen LogP contribution < -0.4 is 0 Å². The molecule has 3 nitrogen and oxygen atoms in total. The van der Waals surface area contributed by atoms with E-state index in [1.807, 2.05) is 36.4 Å². The Morgan fingerprint density at radius 1 is 0.435 bits per heavy atom. The molecule has 3 N–H and O–H groups in total. The van der Waals surface area contributed by atoms with Gasteiger partial charge in [0.2, 0.25) is 0 Å². The van der Waals surface area contributed by atoms with Crippen molar-refractivity contribution in [3.63, 3.8) is 0 Å². The molecule has 6 heteroatoms. The lowest BCUT2D eigenvalue weighted by Gasteiger charge is -2.30. The second kappa shape index (κ2) is 13.8. The minimum atomic E-state index is -4.55. The Labute approximate surface area is 361 Å². The molecule has 62 heavy (non-hydrogen) atoms. The number of aryl methyl sites for hydroxylation is 3. The molecule has 1 atom stereocenters. The largest absolute Gasteiger partial charge is 0.507 e. The van der Waals surface area contributed by atoms with Crippen molar-refractivity contribution in [3.8, 4) is 61.4 Å². The van der Waals surface area contributed by atoms with E-state index in [9.17, 15) is 15.3 Å². The number of hydrogen-bond acceptors (Lipinski definition) is 3. The van der Waals surface area contributed by atoms with E-state index in [-0.39, 0.29) is 40.9 Å². The Hall–Kier alpha value is -5.95. The summed E-state index contributed by atoms with van der Waals surface area (Å²) in [6.07, 6.45) is -3.16. The smallest absolute Gasteiger partial charge is 0.402 e. The van der Waals surface area contributed by atoms with Crippen LogP contribution in [0.3, 0.4) is 0 Å². The van der Waals surface area contributed by atoms with Crippen molar-refractivity contribution < 1.29 is 28.5 Å². The minimum absolute atomic E-state index is 0.0686. The van der Waals surface area contributed by atoms with Gasteiger partial charge in [0.15, 0.2) is 0 Å². The molecule has 0 heterocycles. The third-order valence-corrected chi connectivity index (χ3v) is 14.6. The Balaban J connectivity index is 0.968. The van der Waals surface area contributed by atoms with Crippen molar-refractivity contribution in [2.75, 3.05) is 0 Å². The van der Waals surface area contributed by atoms with Crippen LogP contribution in [-0.4, -0.2) is 21.5 Å². The molecule has 10 rings (SSSR count). The first-order chi connectivity index (χ1) is 29.4. The summed E-state index contributed by atoms with van der Waals surface area (Å²) in [4.78, 5) is 0. The van der Waals surface area contributed by atoms with Gasteiger partial charge in [-0.05, 0) is 163 Å². The summed E-state index contributed by atoms with van der Waals surface area (Å²) in [7, 11) is 0. The molecule has 0 saturated carbocycles. The molecular formula is C56H49F3O3. The van der Waals surface area contributed by atoms with Gasteiger partial charge in [-0.15, -0.1) is 0 Å². The van der Waals surface area contributed by atoms with Crippen molar-refractivity contribution in [1.29, 1.82) is 0 Å². The van der Waals surface area contributed by atoms with E-state index in [1.165, 1.54) is 40.3 Å². The molecule has 0 aliphatic heterocycles. The average Bonchev–Trinajstić information content (AvgIpc) is 3.75. The van der Waals surface area contributed by atoms with Crippen molar-refractivity contribution in [2.45, 2.75) is 90.0 Å². The van der Waals surface area contributed by atoms with Crippen LogP contribution in [0.25, 0.3) is 55.6 Å². The van der Waals surface area contributed by atoms with Gasteiger partial charge in [-0.3, -0.25) is 0 Å². The molecule has 7 aromatic rings. The number of alkyl halides is 3. The van der Waals surface area contributed by atoms with E-state index in [2.05, 4.69) is 95.3 Å². The van der Waals surface area contributed by atoms with Crippen LogP contribution in [0.1, 0.15) is 95.8 Å². The van der Waals surface area contributed by atoms with Crippen LogP contribution in [0.15, 0.2) is 121 Å². The van der Waals surface area contributed by atoms with Gasteiger partial charge < -0.3 is 15.3 Å². The first-order valence-electron chi connectivity index (χ1n) is 21.4. The van der Waals surface area contributed by atoms with Crippen LogP contribution in [-0.2, 0) is 42.3 Å². The lowest BCUT2D eigenvalue weighted by molar-refractivity contribution is -0.172. The number of hydrogen-bond donors (Lipinski definition) is 3. The van der Waals surface area contributed by atoms with E-state index in [1.54, 1.807) is 24.3 Å². The number of phenols is 1. The maximum absolute atomic E-state index is 15.7. The SMILES string of the molecule is Cc1ccc2c(c1)C(C)(C)c1cc(-c3ccc4c(c3)C(C)(C(F)(F)F)c3cc(-c5ccc6c(c5)C(C)(C)c5cc(CCc7cc(CO)c(O)c(CO)c7)ccc5-6)ccc3-4)ccc1-2. The van der Waals surface area contributed by atoms with Crippen LogP contribution in [0.4, 0.5) is 13.2 Å². The predicted molar refractivity (Wildman–Crippen MR) is 242 cm³/mol. The normalized spacial score (nSPS) is 17.3. The molecule has 0 amide bonds. The quantitative estimate of drug-likeness (QED) is 0.150. The average molecular weight is 827 g/mol. The van der Waals surface area contributed by atoms with E-state index < -0.39 is 11.6 Å². The Morgan fingerprint density at radius 3 is 1.23 bits per heavy atom. The highest BCUT2D eigenvalue weighted by atomic mass is 19.4. The van der Waals surface area contributed by atoms with Gasteiger partial charge in [-0.25, -0.2) is 0 Å². The maximum atomic E-state index is 15.7. The van der Waals surface area contributed by atoms with E-state index >= 15 is 13.2 Å². The molecule has 312 valence electrons. The molecule has 0 aromatic heterocycles. The highest BCUT2D eigenvalue weighted by Crippen LogP contribution is 2.58. The summed E-state index contributed by atoms with van der Waals surface area (Å²) in [6.45, 7) is 11.7. The van der Waals surface area contributed by atoms with Gasteiger partial charge in [0, 0.05) is 22.0 Å². The minimum Gasteiger partial charge on any atom is -0.507 e. The van der Waals surface area contributed by atoms with Crippen LogP contribution in [0, 0.1) is 6.92 Å². The number of halogens is 3.